The van der Waals surface area contributed by atoms with Crippen LogP contribution >= 0.6 is 0 Å². The summed E-state index contributed by atoms with van der Waals surface area (Å²) in [6, 6.07) is 23.4. The zero-order valence-electron chi connectivity index (χ0n) is 18.0. The maximum absolute atomic E-state index is 12.3. The van der Waals surface area contributed by atoms with E-state index < -0.39 is 10.0 Å². The van der Waals surface area contributed by atoms with Gasteiger partial charge in [-0.3, -0.25) is 9.10 Å². The van der Waals surface area contributed by atoms with E-state index in [-0.39, 0.29) is 19.1 Å². The average molecular weight is 455 g/mol. The second-order valence-corrected chi connectivity index (χ2v) is 9.07. The number of ether oxygens (including phenoxy) is 2. The molecular formula is C24H26N2O5S. The maximum Gasteiger partial charge on any atom is 0.258 e. The maximum atomic E-state index is 12.3. The number of amides is 1. The molecule has 0 bridgehead atoms. The van der Waals surface area contributed by atoms with Gasteiger partial charge in [0.05, 0.1) is 25.6 Å². The smallest absolute Gasteiger partial charge is 0.258 e. The molecule has 168 valence electrons. The SMILES string of the molecule is COc1ccc(CNC(=O)COc2ccc(N(Cc3ccccc3)S(C)(=O)=O)cc2)cc1. The molecule has 1 N–H and O–H groups in total. The molecule has 0 atom stereocenters. The Morgan fingerprint density at radius 3 is 2.09 bits per heavy atom. The highest BCUT2D eigenvalue weighted by atomic mass is 32.2. The van der Waals surface area contributed by atoms with E-state index in [1.165, 1.54) is 10.6 Å². The van der Waals surface area contributed by atoms with E-state index in [1.54, 1.807) is 31.4 Å². The standard InChI is InChI=1S/C24H26N2O5S/c1-30-22-12-8-19(9-13-22)16-25-24(27)18-31-23-14-10-21(11-15-23)26(32(2,28)29)17-20-6-4-3-5-7-20/h3-15H,16-18H2,1-2H3,(H,25,27). The first-order valence-electron chi connectivity index (χ1n) is 9.99. The van der Waals surface area contributed by atoms with Gasteiger partial charge in [0.2, 0.25) is 10.0 Å². The van der Waals surface area contributed by atoms with E-state index in [1.807, 2.05) is 54.6 Å². The Bertz CT molecular complexity index is 1120. The lowest BCUT2D eigenvalue weighted by atomic mass is 10.2. The topological polar surface area (TPSA) is 84.9 Å². The Labute approximate surface area is 188 Å². The van der Waals surface area contributed by atoms with Crippen LogP contribution in [-0.4, -0.2) is 34.3 Å². The van der Waals surface area contributed by atoms with Crippen LogP contribution in [0.3, 0.4) is 0 Å². The van der Waals surface area contributed by atoms with Crippen LogP contribution in [0.4, 0.5) is 5.69 Å². The van der Waals surface area contributed by atoms with Crippen molar-refractivity contribution in [3.63, 3.8) is 0 Å². The second-order valence-electron chi connectivity index (χ2n) is 7.16. The Hall–Kier alpha value is -3.52. The average Bonchev–Trinajstić information content (AvgIpc) is 2.80. The minimum absolute atomic E-state index is 0.144. The fourth-order valence-corrected chi connectivity index (χ4v) is 3.89. The first-order chi connectivity index (χ1) is 15.3. The monoisotopic (exact) mass is 454 g/mol. The lowest BCUT2D eigenvalue weighted by Gasteiger charge is -2.22. The number of sulfonamides is 1. The van der Waals surface area contributed by atoms with Crippen molar-refractivity contribution < 1.29 is 22.7 Å². The molecule has 0 heterocycles. The van der Waals surface area contributed by atoms with Gasteiger partial charge in [-0.1, -0.05) is 42.5 Å². The highest BCUT2D eigenvalue weighted by Gasteiger charge is 2.18. The number of hydrogen-bond acceptors (Lipinski definition) is 5. The predicted octanol–water partition coefficient (Wildman–Crippen LogP) is 3.36. The van der Waals surface area contributed by atoms with Crippen LogP contribution in [0.5, 0.6) is 11.5 Å². The second kappa shape index (κ2) is 10.7. The van der Waals surface area contributed by atoms with Gasteiger partial charge in [-0.05, 0) is 47.5 Å². The Morgan fingerprint density at radius 1 is 0.875 bits per heavy atom. The first-order valence-corrected chi connectivity index (χ1v) is 11.8. The fraction of sp³-hybridized carbons (Fsp3) is 0.208. The van der Waals surface area contributed by atoms with Crippen molar-refractivity contribution in [1.82, 2.24) is 5.32 Å². The van der Waals surface area contributed by atoms with Gasteiger partial charge in [0.1, 0.15) is 11.5 Å². The summed E-state index contributed by atoms with van der Waals surface area (Å²) in [7, 11) is -1.87. The normalized spacial score (nSPS) is 10.9. The fourth-order valence-electron chi connectivity index (χ4n) is 3.00. The summed E-state index contributed by atoms with van der Waals surface area (Å²) in [5.74, 6) is 0.971. The molecule has 7 nitrogen and oxygen atoms in total. The van der Waals surface area contributed by atoms with Crippen LogP contribution in [-0.2, 0) is 27.9 Å². The lowest BCUT2D eigenvalue weighted by molar-refractivity contribution is -0.123. The van der Waals surface area contributed by atoms with Crippen LogP contribution < -0.4 is 19.1 Å². The summed E-state index contributed by atoms with van der Waals surface area (Å²) in [5.41, 5.74) is 2.35. The number of carbonyl (C=O) groups is 1. The molecule has 1 amide bonds. The third kappa shape index (κ3) is 6.75. The third-order valence-corrected chi connectivity index (χ3v) is 5.85. The zero-order chi connectivity index (χ0) is 23.0. The summed E-state index contributed by atoms with van der Waals surface area (Å²) in [6.45, 7) is 0.469. The molecule has 0 radical (unpaired) electrons. The van der Waals surface area contributed by atoms with E-state index >= 15 is 0 Å². The van der Waals surface area contributed by atoms with E-state index in [2.05, 4.69) is 5.32 Å². The largest absolute Gasteiger partial charge is 0.497 e. The number of nitrogens with one attached hydrogen (secondary N) is 1. The predicted molar refractivity (Wildman–Crippen MR) is 124 cm³/mol. The number of carbonyl (C=O) groups excluding carboxylic acids is 1. The Morgan fingerprint density at radius 2 is 1.50 bits per heavy atom. The van der Waals surface area contributed by atoms with Gasteiger partial charge in [0.15, 0.2) is 6.61 Å². The summed E-state index contributed by atoms with van der Waals surface area (Å²) in [5, 5.41) is 2.79. The molecule has 0 spiro atoms. The van der Waals surface area contributed by atoms with Crippen molar-refractivity contribution in [2.75, 3.05) is 24.3 Å². The molecule has 0 fully saturated rings. The number of nitrogens with zero attached hydrogens (tertiary/aromatic N) is 1. The summed E-state index contributed by atoms with van der Waals surface area (Å²) in [6.07, 6.45) is 1.17. The molecule has 0 aromatic heterocycles. The quantitative estimate of drug-likeness (QED) is 0.508. The van der Waals surface area contributed by atoms with E-state index in [9.17, 15) is 13.2 Å². The number of benzene rings is 3. The molecule has 0 saturated carbocycles. The van der Waals surface area contributed by atoms with Gasteiger partial charge in [0.25, 0.3) is 5.91 Å². The molecule has 8 heteroatoms. The number of methoxy groups -OCH3 is 1. The van der Waals surface area contributed by atoms with Crippen molar-refractivity contribution in [3.8, 4) is 11.5 Å². The summed E-state index contributed by atoms with van der Waals surface area (Å²) >= 11 is 0. The van der Waals surface area contributed by atoms with Gasteiger partial charge in [-0.25, -0.2) is 8.42 Å². The highest BCUT2D eigenvalue weighted by Crippen LogP contribution is 2.23. The van der Waals surface area contributed by atoms with Crippen molar-refractivity contribution in [3.05, 3.63) is 90.0 Å². The minimum Gasteiger partial charge on any atom is -0.497 e. The molecule has 0 aliphatic heterocycles. The first kappa shape index (κ1) is 23.1. The van der Waals surface area contributed by atoms with Crippen LogP contribution in [0.15, 0.2) is 78.9 Å². The summed E-state index contributed by atoms with van der Waals surface area (Å²) in [4.78, 5) is 12.1. The molecular weight excluding hydrogens is 428 g/mol. The highest BCUT2D eigenvalue weighted by molar-refractivity contribution is 7.92. The van der Waals surface area contributed by atoms with Crippen molar-refractivity contribution >= 4 is 21.6 Å². The molecule has 0 saturated heterocycles. The van der Waals surface area contributed by atoms with Gasteiger partial charge < -0.3 is 14.8 Å². The number of rotatable bonds is 10. The van der Waals surface area contributed by atoms with Crippen LogP contribution in [0.25, 0.3) is 0 Å². The van der Waals surface area contributed by atoms with Crippen molar-refractivity contribution in [2.24, 2.45) is 0 Å². The van der Waals surface area contributed by atoms with Crippen molar-refractivity contribution in [1.29, 1.82) is 0 Å². The number of anilines is 1. The molecule has 0 unspecified atom stereocenters. The summed E-state index contributed by atoms with van der Waals surface area (Å²) < 4.78 is 36.6. The lowest BCUT2D eigenvalue weighted by Crippen LogP contribution is -2.29. The molecule has 3 aromatic rings. The van der Waals surface area contributed by atoms with E-state index in [4.69, 9.17) is 9.47 Å². The molecule has 3 aromatic carbocycles. The minimum atomic E-state index is -3.47. The van der Waals surface area contributed by atoms with E-state index in [0.717, 1.165) is 16.9 Å². The van der Waals surface area contributed by atoms with Crippen LogP contribution in [0.1, 0.15) is 11.1 Å². The van der Waals surface area contributed by atoms with Gasteiger partial charge in [-0.2, -0.15) is 0 Å². The van der Waals surface area contributed by atoms with Gasteiger partial charge >= 0.3 is 0 Å². The van der Waals surface area contributed by atoms with Crippen LogP contribution in [0, 0.1) is 0 Å². The molecule has 0 aliphatic carbocycles. The molecule has 3 rings (SSSR count). The molecule has 0 aliphatic rings. The van der Waals surface area contributed by atoms with Crippen molar-refractivity contribution in [2.45, 2.75) is 13.1 Å². The Balaban J connectivity index is 1.55. The van der Waals surface area contributed by atoms with Gasteiger partial charge in [-0.15, -0.1) is 0 Å². The number of hydrogen-bond donors (Lipinski definition) is 1. The van der Waals surface area contributed by atoms with Crippen LogP contribution in [0.2, 0.25) is 0 Å². The zero-order valence-corrected chi connectivity index (χ0v) is 18.8. The van der Waals surface area contributed by atoms with Gasteiger partial charge in [0, 0.05) is 6.54 Å². The third-order valence-electron chi connectivity index (χ3n) is 4.71. The van der Waals surface area contributed by atoms with E-state index in [0.29, 0.717) is 18.0 Å². The Kier molecular flexibility index (Phi) is 7.72. The molecule has 32 heavy (non-hydrogen) atoms.